The first-order valence-electron chi connectivity index (χ1n) is 3.37. The molecule has 1 aromatic heterocycles. The fourth-order valence-electron chi connectivity index (χ4n) is 0.771. The highest BCUT2D eigenvalue weighted by atomic mass is 79.9. The van der Waals surface area contributed by atoms with Crippen LogP contribution in [0.4, 0.5) is 5.82 Å². The summed E-state index contributed by atoms with van der Waals surface area (Å²) in [7, 11) is 0. The van der Waals surface area contributed by atoms with Crippen molar-refractivity contribution in [2.45, 2.75) is 0 Å². The predicted molar refractivity (Wildman–Crippen MR) is 56.5 cm³/mol. The van der Waals surface area contributed by atoms with E-state index in [1.807, 2.05) is 12.2 Å². The predicted octanol–water partition coefficient (Wildman–Crippen LogP) is 2.73. The van der Waals surface area contributed by atoms with Crippen molar-refractivity contribution < 1.29 is 0 Å². The van der Waals surface area contributed by atoms with E-state index in [0.29, 0.717) is 10.8 Å². The Morgan fingerprint density at radius 1 is 1.67 bits per heavy atom. The summed E-state index contributed by atoms with van der Waals surface area (Å²) in [6.07, 6.45) is 5.34. The summed E-state index contributed by atoms with van der Waals surface area (Å²) in [5.41, 5.74) is 6.44. The van der Waals surface area contributed by atoms with Crippen LogP contribution in [0.1, 0.15) is 5.56 Å². The van der Waals surface area contributed by atoms with Crippen molar-refractivity contribution in [1.29, 1.82) is 0 Å². The Bertz CT molecular complexity index is 299. The molecular formula is C8H8BrClN2. The molecule has 0 aromatic carbocycles. The number of halogens is 2. The third kappa shape index (κ3) is 2.50. The van der Waals surface area contributed by atoms with Gasteiger partial charge in [-0.15, -0.1) is 0 Å². The van der Waals surface area contributed by atoms with Crippen molar-refractivity contribution >= 4 is 39.4 Å². The van der Waals surface area contributed by atoms with Gasteiger partial charge >= 0.3 is 0 Å². The van der Waals surface area contributed by atoms with Crippen LogP contribution in [-0.4, -0.2) is 10.3 Å². The maximum absolute atomic E-state index is 5.73. The minimum atomic E-state index is 0.497. The van der Waals surface area contributed by atoms with Gasteiger partial charge < -0.3 is 5.73 Å². The highest BCUT2D eigenvalue weighted by Crippen LogP contribution is 2.16. The van der Waals surface area contributed by atoms with Gasteiger partial charge in [-0.2, -0.15) is 0 Å². The number of nitrogen functional groups attached to an aromatic ring is 1. The zero-order chi connectivity index (χ0) is 8.97. The molecule has 0 aliphatic rings. The van der Waals surface area contributed by atoms with Gasteiger partial charge in [0.25, 0.3) is 0 Å². The lowest BCUT2D eigenvalue weighted by atomic mass is 10.2. The van der Waals surface area contributed by atoms with Gasteiger partial charge in [0.15, 0.2) is 0 Å². The minimum absolute atomic E-state index is 0.497. The van der Waals surface area contributed by atoms with Gasteiger partial charge in [0, 0.05) is 17.1 Å². The Labute approximate surface area is 84.6 Å². The van der Waals surface area contributed by atoms with E-state index in [-0.39, 0.29) is 0 Å². The van der Waals surface area contributed by atoms with Gasteiger partial charge in [-0.25, -0.2) is 4.98 Å². The highest BCUT2D eigenvalue weighted by Gasteiger charge is 1.96. The van der Waals surface area contributed by atoms with Crippen molar-refractivity contribution in [3.05, 3.63) is 28.9 Å². The molecule has 0 fully saturated rings. The molecule has 1 rings (SSSR count). The van der Waals surface area contributed by atoms with Crippen LogP contribution in [0.2, 0.25) is 5.02 Å². The summed E-state index contributed by atoms with van der Waals surface area (Å²) in [5, 5.41) is 1.39. The third-order valence-corrected chi connectivity index (χ3v) is 1.88. The summed E-state index contributed by atoms with van der Waals surface area (Å²) in [4.78, 5) is 3.91. The van der Waals surface area contributed by atoms with Crippen LogP contribution in [0.3, 0.4) is 0 Å². The van der Waals surface area contributed by atoms with Gasteiger partial charge in [-0.1, -0.05) is 39.7 Å². The maximum Gasteiger partial charge on any atom is 0.130 e. The molecule has 0 atom stereocenters. The summed E-state index contributed by atoms with van der Waals surface area (Å²) in [6, 6.07) is 1.78. The lowest BCUT2D eigenvalue weighted by Crippen LogP contribution is -1.92. The topological polar surface area (TPSA) is 38.9 Å². The van der Waals surface area contributed by atoms with Gasteiger partial charge in [-0.05, 0) is 6.07 Å². The fraction of sp³-hybridized carbons (Fsp3) is 0.125. The largest absolute Gasteiger partial charge is 0.383 e. The van der Waals surface area contributed by atoms with Crippen LogP contribution >= 0.6 is 27.5 Å². The quantitative estimate of drug-likeness (QED) is 0.816. The van der Waals surface area contributed by atoms with Gasteiger partial charge in [0.2, 0.25) is 0 Å². The summed E-state index contributed by atoms with van der Waals surface area (Å²) in [6.45, 7) is 0. The van der Waals surface area contributed by atoms with Crippen molar-refractivity contribution in [2.24, 2.45) is 0 Å². The Hall–Kier alpha value is -0.540. The molecule has 0 spiro atoms. The van der Waals surface area contributed by atoms with Gasteiger partial charge in [-0.3, -0.25) is 0 Å². The Morgan fingerprint density at radius 2 is 2.42 bits per heavy atom. The second kappa shape index (κ2) is 4.48. The van der Waals surface area contributed by atoms with Crippen LogP contribution in [0.5, 0.6) is 0 Å². The normalized spacial score (nSPS) is 10.8. The molecule has 2 N–H and O–H groups in total. The third-order valence-electron chi connectivity index (χ3n) is 1.30. The fourth-order valence-corrected chi connectivity index (χ4v) is 1.12. The smallest absolute Gasteiger partial charge is 0.130 e. The van der Waals surface area contributed by atoms with E-state index >= 15 is 0 Å². The Balaban J connectivity index is 2.97. The molecule has 0 aliphatic heterocycles. The van der Waals surface area contributed by atoms with Crippen LogP contribution < -0.4 is 5.73 Å². The van der Waals surface area contributed by atoms with E-state index in [2.05, 4.69) is 20.9 Å². The molecule has 0 amide bonds. The van der Waals surface area contributed by atoms with E-state index in [0.717, 1.165) is 10.9 Å². The number of nitrogens with zero attached hydrogens (tertiary/aromatic N) is 1. The molecule has 0 aliphatic carbocycles. The zero-order valence-electron chi connectivity index (χ0n) is 6.30. The van der Waals surface area contributed by atoms with Crippen molar-refractivity contribution in [1.82, 2.24) is 4.98 Å². The monoisotopic (exact) mass is 246 g/mol. The van der Waals surface area contributed by atoms with Crippen LogP contribution in [0.25, 0.3) is 6.08 Å². The number of rotatable bonds is 2. The number of pyridine rings is 1. The van der Waals surface area contributed by atoms with Gasteiger partial charge in [0.1, 0.15) is 5.82 Å². The summed E-state index contributed by atoms with van der Waals surface area (Å²) < 4.78 is 0. The lowest BCUT2D eigenvalue weighted by molar-refractivity contribution is 1.32. The van der Waals surface area contributed by atoms with E-state index < -0.39 is 0 Å². The number of hydrogen-bond donors (Lipinski definition) is 1. The molecule has 64 valence electrons. The lowest BCUT2D eigenvalue weighted by Gasteiger charge is -1.98. The average Bonchev–Trinajstić information content (AvgIpc) is 2.07. The standard InChI is InChI=1S/C8H8BrClN2/c9-3-1-2-6-4-7(10)5-12-8(6)11/h1-2,4-5H,3H2,(H2,11,12). The van der Waals surface area contributed by atoms with Gasteiger partial charge in [0.05, 0.1) is 5.02 Å². The average molecular weight is 248 g/mol. The molecule has 1 aromatic rings. The molecule has 12 heavy (non-hydrogen) atoms. The number of hydrogen-bond acceptors (Lipinski definition) is 2. The Morgan fingerprint density at radius 3 is 3.08 bits per heavy atom. The molecule has 2 nitrogen and oxygen atoms in total. The Kier molecular flexibility index (Phi) is 3.56. The first-order valence-corrected chi connectivity index (χ1v) is 4.87. The van der Waals surface area contributed by atoms with E-state index in [4.69, 9.17) is 17.3 Å². The maximum atomic E-state index is 5.73. The molecule has 4 heteroatoms. The number of nitrogens with two attached hydrogens (primary N) is 1. The van der Waals surface area contributed by atoms with Crippen molar-refractivity contribution in [2.75, 3.05) is 11.1 Å². The summed E-state index contributed by atoms with van der Waals surface area (Å²) in [5.74, 6) is 0.497. The number of anilines is 1. The zero-order valence-corrected chi connectivity index (χ0v) is 8.64. The number of allylic oxidation sites excluding steroid dienone is 1. The number of aromatic nitrogens is 1. The van der Waals surface area contributed by atoms with Crippen LogP contribution in [0, 0.1) is 0 Å². The SMILES string of the molecule is Nc1ncc(Cl)cc1C=CCBr. The molecule has 0 unspecified atom stereocenters. The molecule has 1 heterocycles. The van der Waals surface area contributed by atoms with Crippen molar-refractivity contribution in [3.63, 3.8) is 0 Å². The minimum Gasteiger partial charge on any atom is -0.383 e. The van der Waals surface area contributed by atoms with E-state index in [1.165, 1.54) is 6.20 Å². The van der Waals surface area contributed by atoms with Crippen LogP contribution in [-0.2, 0) is 0 Å². The molecule has 0 saturated heterocycles. The molecule has 0 saturated carbocycles. The molecule has 0 bridgehead atoms. The second-order valence-electron chi connectivity index (χ2n) is 2.18. The number of alkyl halides is 1. The van der Waals surface area contributed by atoms with E-state index in [1.54, 1.807) is 6.07 Å². The van der Waals surface area contributed by atoms with Crippen molar-refractivity contribution in [3.8, 4) is 0 Å². The summed E-state index contributed by atoms with van der Waals surface area (Å²) >= 11 is 9.00. The molecule has 0 radical (unpaired) electrons. The highest BCUT2D eigenvalue weighted by molar-refractivity contribution is 9.09. The second-order valence-corrected chi connectivity index (χ2v) is 3.27. The first-order chi connectivity index (χ1) is 5.74. The molecular weight excluding hydrogens is 239 g/mol. The van der Waals surface area contributed by atoms with E-state index in [9.17, 15) is 0 Å². The first kappa shape index (κ1) is 9.55. The van der Waals surface area contributed by atoms with Crippen LogP contribution in [0.15, 0.2) is 18.3 Å².